The molecule has 1 amide bonds. The summed E-state index contributed by atoms with van der Waals surface area (Å²) < 4.78 is 38.2. The molecule has 7 nitrogen and oxygen atoms in total. The van der Waals surface area contributed by atoms with Crippen LogP contribution in [0.15, 0.2) is 72.0 Å². The Balaban J connectivity index is 1.59. The van der Waals surface area contributed by atoms with Crippen molar-refractivity contribution in [1.29, 1.82) is 0 Å². The number of pyridine rings is 1. The maximum Gasteiger partial charge on any atom is 0.252 e. The minimum Gasteiger partial charge on any atom is -0.348 e. The number of benzene rings is 2. The number of halogens is 1. The Morgan fingerprint density at radius 1 is 1.10 bits per heavy atom. The number of hydrogen-bond acceptors (Lipinski definition) is 5. The van der Waals surface area contributed by atoms with Crippen LogP contribution in [0, 0.1) is 5.82 Å². The summed E-state index contributed by atoms with van der Waals surface area (Å²) in [5.41, 5.74) is 2.37. The summed E-state index contributed by atoms with van der Waals surface area (Å²) in [5.74, 6) is -0.672. The molecule has 30 heavy (non-hydrogen) atoms. The maximum absolute atomic E-state index is 13.2. The van der Waals surface area contributed by atoms with Gasteiger partial charge in [0, 0.05) is 30.6 Å². The molecule has 4 rings (SSSR count). The van der Waals surface area contributed by atoms with Gasteiger partial charge < -0.3 is 5.32 Å². The second kappa shape index (κ2) is 7.68. The van der Waals surface area contributed by atoms with E-state index in [4.69, 9.17) is 0 Å². The minimum absolute atomic E-state index is 0.0944. The second-order valence-corrected chi connectivity index (χ2v) is 8.77. The van der Waals surface area contributed by atoms with E-state index in [0.29, 0.717) is 27.7 Å². The lowest BCUT2D eigenvalue weighted by Crippen LogP contribution is -2.23. The smallest absolute Gasteiger partial charge is 0.252 e. The van der Waals surface area contributed by atoms with Gasteiger partial charge in [-0.2, -0.15) is 5.10 Å². The van der Waals surface area contributed by atoms with E-state index in [1.54, 1.807) is 35.1 Å². The van der Waals surface area contributed by atoms with Gasteiger partial charge in [0.05, 0.1) is 27.9 Å². The standard InChI is InChI=1S/C21H17FN4O3S/c1-30(28,29)17-9-14(10-23-12-17)11-24-21(27)18-3-2-4-20-19(18)13-25-26(20)16-7-5-15(22)6-8-16/h2-10,12-13H,11H2,1H3,(H,24,27). The Kier molecular flexibility index (Phi) is 5.04. The molecule has 0 spiro atoms. The van der Waals surface area contributed by atoms with Crippen LogP contribution in [0.1, 0.15) is 15.9 Å². The van der Waals surface area contributed by atoms with Gasteiger partial charge in [0.2, 0.25) is 0 Å². The van der Waals surface area contributed by atoms with Crippen molar-refractivity contribution < 1.29 is 17.6 Å². The van der Waals surface area contributed by atoms with Crippen LogP contribution in [0.4, 0.5) is 4.39 Å². The molecule has 9 heteroatoms. The van der Waals surface area contributed by atoms with Gasteiger partial charge >= 0.3 is 0 Å². The molecule has 4 aromatic rings. The Morgan fingerprint density at radius 3 is 2.60 bits per heavy atom. The predicted octanol–water partition coefficient (Wildman–Crippen LogP) is 2.89. The van der Waals surface area contributed by atoms with E-state index in [-0.39, 0.29) is 23.2 Å². The first-order valence-electron chi connectivity index (χ1n) is 8.98. The van der Waals surface area contributed by atoms with E-state index in [1.807, 2.05) is 6.07 Å². The first kappa shape index (κ1) is 19.7. The zero-order valence-corrected chi connectivity index (χ0v) is 16.7. The number of carbonyl (C=O) groups is 1. The molecule has 0 radical (unpaired) electrons. The topological polar surface area (TPSA) is 93.9 Å². The highest BCUT2D eigenvalue weighted by Crippen LogP contribution is 2.22. The summed E-state index contributed by atoms with van der Waals surface area (Å²) in [6.45, 7) is 0.123. The molecule has 2 aromatic carbocycles. The Labute approximate surface area is 172 Å². The fourth-order valence-corrected chi connectivity index (χ4v) is 3.70. The molecule has 0 saturated carbocycles. The van der Waals surface area contributed by atoms with E-state index >= 15 is 0 Å². The number of sulfone groups is 1. The number of nitrogens with zero attached hydrogens (tertiary/aromatic N) is 3. The lowest BCUT2D eigenvalue weighted by Gasteiger charge is -2.08. The van der Waals surface area contributed by atoms with Crippen molar-refractivity contribution in [2.75, 3.05) is 6.26 Å². The molecule has 0 saturated heterocycles. The van der Waals surface area contributed by atoms with Crippen molar-refractivity contribution in [2.24, 2.45) is 0 Å². The number of rotatable bonds is 5. The second-order valence-electron chi connectivity index (χ2n) is 6.75. The number of aromatic nitrogens is 3. The van der Waals surface area contributed by atoms with E-state index in [2.05, 4.69) is 15.4 Å². The van der Waals surface area contributed by atoms with Gasteiger partial charge in [-0.1, -0.05) is 6.07 Å². The SMILES string of the molecule is CS(=O)(=O)c1cncc(CNC(=O)c2cccc3c2cnn3-c2ccc(F)cc2)c1. The molecule has 0 aliphatic carbocycles. The highest BCUT2D eigenvalue weighted by Gasteiger charge is 2.15. The van der Waals surface area contributed by atoms with Crippen molar-refractivity contribution in [3.8, 4) is 5.69 Å². The molecule has 0 aliphatic heterocycles. The molecule has 0 bridgehead atoms. The van der Waals surface area contributed by atoms with Gasteiger partial charge in [0.15, 0.2) is 9.84 Å². The number of carbonyl (C=O) groups excluding carboxylic acids is 1. The largest absolute Gasteiger partial charge is 0.348 e. The summed E-state index contributed by atoms with van der Waals surface area (Å²) in [7, 11) is -3.38. The zero-order valence-electron chi connectivity index (χ0n) is 15.9. The molecule has 0 unspecified atom stereocenters. The first-order valence-corrected chi connectivity index (χ1v) is 10.9. The molecule has 0 fully saturated rings. The molecule has 0 atom stereocenters. The average molecular weight is 424 g/mol. The lowest BCUT2D eigenvalue weighted by atomic mass is 10.1. The van der Waals surface area contributed by atoms with Crippen LogP contribution in [-0.2, 0) is 16.4 Å². The number of hydrogen-bond donors (Lipinski definition) is 1. The van der Waals surface area contributed by atoms with Crippen LogP contribution in [0.5, 0.6) is 0 Å². The van der Waals surface area contributed by atoms with Gasteiger partial charge in [0.25, 0.3) is 5.91 Å². The Hall–Kier alpha value is -3.59. The van der Waals surface area contributed by atoms with E-state index < -0.39 is 9.84 Å². The maximum atomic E-state index is 13.2. The fourth-order valence-electron chi connectivity index (χ4n) is 3.08. The van der Waals surface area contributed by atoms with Crippen LogP contribution < -0.4 is 5.32 Å². The van der Waals surface area contributed by atoms with Crippen LogP contribution in [0.2, 0.25) is 0 Å². The highest BCUT2D eigenvalue weighted by molar-refractivity contribution is 7.90. The van der Waals surface area contributed by atoms with Gasteiger partial charge in [-0.3, -0.25) is 9.78 Å². The molecule has 2 aromatic heterocycles. The fraction of sp³-hybridized carbons (Fsp3) is 0.0952. The van der Waals surface area contributed by atoms with E-state index in [1.165, 1.54) is 30.6 Å². The highest BCUT2D eigenvalue weighted by atomic mass is 32.2. The number of amides is 1. The molecule has 2 heterocycles. The van der Waals surface area contributed by atoms with Crippen molar-refractivity contribution in [3.63, 3.8) is 0 Å². The first-order chi connectivity index (χ1) is 14.3. The third-order valence-corrected chi connectivity index (χ3v) is 5.66. The van der Waals surface area contributed by atoms with Crippen LogP contribution in [0.25, 0.3) is 16.6 Å². The molecule has 1 N–H and O–H groups in total. The lowest BCUT2D eigenvalue weighted by molar-refractivity contribution is 0.0952. The minimum atomic E-state index is -3.38. The van der Waals surface area contributed by atoms with Crippen LogP contribution >= 0.6 is 0 Å². The van der Waals surface area contributed by atoms with E-state index in [0.717, 1.165) is 6.26 Å². The van der Waals surface area contributed by atoms with Crippen molar-refractivity contribution in [1.82, 2.24) is 20.1 Å². The normalized spacial score (nSPS) is 11.5. The Morgan fingerprint density at radius 2 is 1.87 bits per heavy atom. The summed E-state index contributed by atoms with van der Waals surface area (Å²) >= 11 is 0. The van der Waals surface area contributed by atoms with Gasteiger partial charge in [-0.15, -0.1) is 0 Å². The van der Waals surface area contributed by atoms with Crippen molar-refractivity contribution in [3.05, 3.63) is 84.1 Å². The van der Waals surface area contributed by atoms with Crippen LogP contribution in [0.3, 0.4) is 0 Å². The van der Waals surface area contributed by atoms with Crippen molar-refractivity contribution in [2.45, 2.75) is 11.4 Å². The third-order valence-electron chi connectivity index (χ3n) is 4.58. The molecular weight excluding hydrogens is 407 g/mol. The summed E-state index contributed by atoms with van der Waals surface area (Å²) in [4.78, 5) is 16.8. The van der Waals surface area contributed by atoms with Crippen LogP contribution in [-0.4, -0.2) is 35.3 Å². The molecule has 0 aliphatic rings. The molecule has 152 valence electrons. The Bertz CT molecular complexity index is 1350. The van der Waals surface area contributed by atoms with Gasteiger partial charge in [0.1, 0.15) is 5.82 Å². The monoisotopic (exact) mass is 424 g/mol. The summed E-state index contributed by atoms with van der Waals surface area (Å²) in [6, 6.07) is 12.6. The van der Waals surface area contributed by atoms with Crippen molar-refractivity contribution >= 4 is 26.6 Å². The average Bonchev–Trinajstić information content (AvgIpc) is 3.16. The summed E-state index contributed by atoms with van der Waals surface area (Å²) in [5, 5.41) is 7.76. The van der Waals surface area contributed by atoms with Gasteiger partial charge in [-0.25, -0.2) is 17.5 Å². The van der Waals surface area contributed by atoms with Gasteiger partial charge in [-0.05, 0) is 48.0 Å². The number of nitrogens with one attached hydrogen (secondary N) is 1. The van der Waals surface area contributed by atoms with E-state index in [9.17, 15) is 17.6 Å². The molecular formula is C21H17FN4O3S. The predicted molar refractivity (Wildman–Crippen MR) is 110 cm³/mol. The third kappa shape index (κ3) is 3.92. The summed E-state index contributed by atoms with van der Waals surface area (Å²) in [6.07, 6.45) is 5.46. The quantitative estimate of drug-likeness (QED) is 0.532. The number of fused-ring (bicyclic) bond motifs is 1. The zero-order chi connectivity index (χ0) is 21.3.